The van der Waals surface area contributed by atoms with E-state index >= 15 is 0 Å². The first-order valence-corrected chi connectivity index (χ1v) is 10.9. The van der Waals surface area contributed by atoms with Crippen LogP contribution in [0.4, 0.5) is 42.0 Å². The Morgan fingerprint density at radius 1 is 1.14 bits per heavy atom. The zero-order valence-electron chi connectivity index (χ0n) is 20.0. The maximum absolute atomic E-state index is 11.3. The van der Waals surface area contributed by atoms with Gasteiger partial charge >= 0.3 is 17.9 Å². The highest BCUT2D eigenvalue weighted by Gasteiger charge is 2.38. The van der Waals surface area contributed by atoms with Gasteiger partial charge in [0.05, 0.1) is 11.7 Å². The van der Waals surface area contributed by atoms with Crippen LogP contribution >= 0.6 is 11.6 Å². The molecular weight excluding hydrogens is 517 g/mol. The van der Waals surface area contributed by atoms with E-state index in [4.69, 9.17) is 25.9 Å². The van der Waals surface area contributed by atoms with Crippen LogP contribution in [-0.2, 0) is 4.79 Å². The Hall–Kier alpha value is -4.26. The Labute approximate surface area is 213 Å². The Morgan fingerprint density at radius 2 is 1.81 bits per heavy atom. The largest absolute Gasteiger partial charge is 0.490 e. The van der Waals surface area contributed by atoms with Gasteiger partial charge in [0.25, 0.3) is 0 Å². The van der Waals surface area contributed by atoms with E-state index in [1.807, 2.05) is 14.1 Å². The Bertz CT molecular complexity index is 1500. The van der Waals surface area contributed by atoms with Gasteiger partial charge in [0.1, 0.15) is 5.02 Å². The van der Waals surface area contributed by atoms with E-state index < -0.39 is 17.9 Å². The maximum Gasteiger partial charge on any atom is 0.490 e. The summed E-state index contributed by atoms with van der Waals surface area (Å²) in [6, 6.07) is 9.32. The summed E-state index contributed by atoms with van der Waals surface area (Å²) in [4.78, 5) is 33.7. The van der Waals surface area contributed by atoms with Crippen molar-refractivity contribution in [3.05, 3.63) is 63.2 Å². The van der Waals surface area contributed by atoms with Gasteiger partial charge in [-0.2, -0.15) is 18.2 Å². The lowest BCUT2D eigenvalue weighted by atomic mass is 10.1. The fraction of sp³-hybridized carbons (Fsp3) is 0.217. The third kappa shape index (κ3) is 6.91. The topological polar surface area (TPSA) is 136 Å². The van der Waals surface area contributed by atoms with Crippen molar-refractivity contribution >= 4 is 57.5 Å². The van der Waals surface area contributed by atoms with Crippen molar-refractivity contribution in [3.8, 4) is 0 Å². The smallest absolute Gasteiger partial charge is 0.475 e. The van der Waals surface area contributed by atoms with Crippen LogP contribution in [0.15, 0.2) is 45.7 Å². The van der Waals surface area contributed by atoms with Gasteiger partial charge in [-0.05, 0) is 55.3 Å². The number of anilines is 5. The predicted octanol–water partition coefficient (Wildman–Crippen LogP) is 5.37. The molecule has 0 saturated carbocycles. The molecule has 0 amide bonds. The summed E-state index contributed by atoms with van der Waals surface area (Å²) in [6.07, 6.45) is -3.55. The van der Waals surface area contributed by atoms with Crippen LogP contribution in [0.1, 0.15) is 11.1 Å². The molecule has 0 bridgehead atoms. The highest BCUT2D eigenvalue weighted by molar-refractivity contribution is 6.32. The Kier molecular flexibility index (Phi) is 7.96. The van der Waals surface area contributed by atoms with Crippen LogP contribution in [0.25, 0.3) is 11.1 Å². The van der Waals surface area contributed by atoms with Gasteiger partial charge in [-0.25, -0.2) is 14.6 Å². The van der Waals surface area contributed by atoms with E-state index in [1.165, 1.54) is 17.3 Å². The van der Waals surface area contributed by atoms with Crippen LogP contribution in [0.5, 0.6) is 0 Å². The summed E-state index contributed by atoms with van der Waals surface area (Å²) >= 11 is 6.29. The van der Waals surface area contributed by atoms with Crippen molar-refractivity contribution in [2.24, 2.45) is 0 Å². The zero-order chi connectivity index (χ0) is 27.5. The molecule has 0 unspecified atom stereocenters. The molecule has 4 rings (SSSR count). The third-order valence-electron chi connectivity index (χ3n) is 5.05. The van der Waals surface area contributed by atoms with Crippen molar-refractivity contribution in [1.82, 2.24) is 15.0 Å². The molecule has 2 aromatic carbocycles. The number of nitrogens with one attached hydrogen (secondary N) is 3. The molecule has 0 spiro atoms. The van der Waals surface area contributed by atoms with Crippen LogP contribution in [0, 0.1) is 13.8 Å². The number of aliphatic carboxylic acids is 1. The Morgan fingerprint density at radius 3 is 2.43 bits per heavy atom. The monoisotopic (exact) mass is 538 g/mol. The van der Waals surface area contributed by atoms with E-state index in [0.29, 0.717) is 33.6 Å². The molecule has 4 N–H and O–H groups in total. The molecule has 0 aliphatic heterocycles. The highest BCUT2D eigenvalue weighted by atomic mass is 35.5. The average Bonchev–Trinajstić information content (AvgIpc) is 3.17. The molecule has 0 aliphatic rings. The minimum atomic E-state index is -5.08. The number of H-pyrrole nitrogens is 1. The summed E-state index contributed by atoms with van der Waals surface area (Å²) in [7, 11) is 4.02. The number of alkyl halides is 3. The summed E-state index contributed by atoms with van der Waals surface area (Å²) in [5.74, 6) is -2.41. The van der Waals surface area contributed by atoms with E-state index in [2.05, 4.69) is 56.5 Å². The van der Waals surface area contributed by atoms with Crippen LogP contribution in [0.3, 0.4) is 0 Å². The SMILES string of the molecule is Cc1cc(Nc2ncc(Cl)c(Nc3ccc4oc(=O)[nH]c4c3)n2)cc(N(C)C)c1C.O=C(O)C(F)(F)F. The van der Waals surface area contributed by atoms with Gasteiger partial charge in [0.15, 0.2) is 11.4 Å². The molecule has 0 saturated heterocycles. The number of hydrogen-bond acceptors (Lipinski definition) is 8. The van der Waals surface area contributed by atoms with Crippen molar-refractivity contribution < 1.29 is 27.5 Å². The number of aromatic amines is 1. The number of benzene rings is 2. The molecule has 0 radical (unpaired) electrons. The van der Waals surface area contributed by atoms with Gasteiger partial charge < -0.3 is 25.1 Å². The highest BCUT2D eigenvalue weighted by Crippen LogP contribution is 2.29. The fourth-order valence-electron chi connectivity index (χ4n) is 3.19. The first kappa shape index (κ1) is 27.3. The lowest BCUT2D eigenvalue weighted by Crippen LogP contribution is -2.21. The van der Waals surface area contributed by atoms with Crippen molar-refractivity contribution in [1.29, 1.82) is 0 Å². The van der Waals surface area contributed by atoms with Crippen molar-refractivity contribution in [2.75, 3.05) is 29.6 Å². The molecule has 4 aromatic rings. The first-order chi connectivity index (χ1) is 17.2. The normalized spacial score (nSPS) is 11.0. The molecule has 0 aliphatic carbocycles. The van der Waals surface area contributed by atoms with Crippen LogP contribution in [0.2, 0.25) is 5.02 Å². The molecule has 2 aromatic heterocycles. The number of oxazole rings is 1. The molecule has 2 heterocycles. The third-order valence-corrected chi connectivity index (χ3v) is 5.32. The number of carboxylic acids is 1. The molecule has 0 fully saturated rings. The molecule has 37 heavy (non-hydrogen) atoms. The standard InChI is InChI=1S/C21H21ClN6O2.C2HF3O2/c1-11-7-14(9-17(12(11)2)28(3)4)25-20-23-10-15(22)19(27-20)24-13-5-6-18-16(8-13)26-21(29)30-18;3-2(4,5)1(6)7/h5-10H,1-4H3,(H,26,29)(H2,23,24,25,27);(H,6,7). The molecular formula is C23H22ClF3N6O4. The molecule has 14 heteroatoms. The van der Waals surface area contributed by atoms with Gasteiger partial charge in [-0.3, -0.25) is 4.98 Å². The zero-order valence-corrected chi connectivity index (χ0v) is 20.7. The van der Waals surface area contributed by atoms with Crippen molar-refractivity contribution in [3.63, 3.8) is 0 Å². The number of fused-ring (bicyclic) bond motifs is 1. The summed E-state index contributed by atoms with van der Waals surface area (Å²) in [5, 5.41) is 13.9. The quantitative estimate of drug-likeness (QED) is 0.264. The van der Waals surface area contributed by atoms with Gasteiger partial charge in [-0.15, -0.1) is 0 Å². The second-order valence-electron chi connectivity index (χ2n) is 8.00. The predicted molar refractivity (Wildman–Crippen MR) is 134 cm³/mol. The lowest BCUT2D eigenvalue weighted by molar-refractivity contribution is -0.192. The van der Waals surface area contributed by atoms with Gasteiger partial charge in [-0.1, -0.05) is 11.6 Å². The molecule has 10 nitrogen and oxygen atoms in total. The molecule has 196 valence electrons. The fourth-order valence-corrected chi connectivity index (χ4v) is 3.33. The van der Waals surface area contributed by atoms with E-state index in [1.54, 1.807) is 18.2 Å². The number of aromatic nitrogens is 3. The number of rotatable bonds is 5. The summed E-state index contributed by atoms with van der Waals surface area (Å²) in [5.41, 5.74) is 6.15. The van der Waals surface area contributed by atoms with Gasteiger partial charge in [0.2, 0.25) is 5.95 Å². The number of carboxylic acid groups (broad SMARTS) is 1. The summed E-state index contributed by atoms with van der Waals surface area (Å²) in [6.45, 7) is 4.17. The van der Waals surface area contributed by atoms with E-state index in [-0.39, 0.29) is 0 Å². The number of carbonyl (C=O) groups is 1. The minimum Gasteiger partial charge on any atom is -0.475 e. The number of nitrogens with zero attached hydrogens (tertiary/aromatic N) is 3. The summed E-state index contributed by atoms with van der Waals surface area (Å²) < 4.78 is 36.8. The number of aryl methyl sites for hydroxylation is 1. The second kappa shape index (κ2) is 10.8. The first-order valence-electron chi connectivity index (χ1n) is 10.5. The minimum absolute atomic E-state index is 0.371. The number of halogens is 4. The lowest BCUT2D eigenvalue weighted by Gasteiger charge is -2.19. The van der Waals surface area contributed by atoms with Crippen LogP contribution < -0.4 is 21.3 Å². The van der Waals surface area contributed by atoms with E-state index in [9.17, 15) is 18.0 Å². The van der Waals surface area contributed by atoms with Gasteiger partial charge in [0, 0.05) is 31.2 Å². The molecule has 0 atom stereocenters. The van der Waals surface area contributed by atoms with E-state index in [0.717, 1.165) is 11.4 Å². The van der Waals surface area contributed by atoms with Crippen molar-refractivity contribution in [2.45, 2.75) is 20.0 Å². The second-order valence-corrected chi connectivity index (χ2v) is 8.41. The average molecular weight is 539 g/mol. The maximum atomic E-state index is 11.3. The number of hydrogen-bond donors (Lipinski definition) is 4. The van der Waals surface area contributed by atoms with Crippen LogP contribution in [-0.4, -0.2) is 46.3 Å². The Balaban J connectivity index is 0.000000479.